The molecular formula is C29H25N7O. The van der Waals surface area contributed by atoms with Crippen LogP contribution in [0.1, 0.15) is 20.8 Å². The summed E-state index contributed by atoms with van der Waals surface area (Å²) in [6, 6.07) is 14.1. The number of nitrogens with one attached hydrogen (secondary N) is 3. The Balaban J connectivity index is 1.40. The zero-order valence-electron chi connectivity index (χ0n) is 20.7. The van der Waals surface area contributed by atoms with Gasteiger partial charge in [0.05, 0.1) is 34.8 Å². The molecule has 0 aliphatic carbocycles. The van der Waals surface area contributed by atoms with E-state index in [2.05, 4.69) is 47.6 Å². The fourth-order valence-corrected chi connectivity index (χ4v) is 4.31. The molecule has 6 aromatic rings. The van der Waals surface area contributed by atoms with Crippen molar-refractivity contribution in [3.63, 3.8) is 0 Å². The Morgan fingerprint density at radius 1 is 0.811 bits per heavy atom. The van der Waals surface area contributed by atoms with E-state index in [1.165, 1.54) is 0 Å². The second kappa shape index (κ2) is 8.67. The van der Waals surface area contributed by atoms with Crippen LogP contribution < -0.4 is 5.32 Å². The molecule has 0 radical (unpaired) electrons. The summed E-state index contributed by atoms with van der Waals surface area (Å²) in [5.41, 5.74) is 7.62. The predicted octanol–water partition coefficient (Wildman–Crippen LogP) is 6.21. The van der Waals surface area contributed by atoms with Gasteiger partial charge < -0.3 is 10.3 Å². The lowest BCUT2D eigenvalue weighted by molar-refractivity contribution is -0.123. The summed E-state index contributed by atoms with van der Waals surface area (Å²) in [5.74, 6) is -0.0574. The normalized spacial score (nSPS) is 11.8. The van der Waals surface area contributed by atoms with E-state index in [1.54, 1.807) is 18.6 Å². The van der Waals surface area contributed by atoms with Crippen molar-refractivity contribution in [2.45, 2.75) is 20.8 Å². The molecule has 1 amide bonds. The van der Waals surface area contributed by atoms with E-state index in [9.17, 15) is 4.79 Å². The summed E-state index contributed by atoms with van der Waals surface area (Å²) >= 11 is 0. The van der Waals surface area contributed by atoms with Crippen LogP contribution in [0.5, 0.6) is 0 Å². The Labute approximate surface area is 213 Å². The van der Waals surface area contributed by atoms with Crippen molar-refractivity contribution >= 4 is 33.4 Å². The molecule has 0 saturated heterocycles. The van der Waals surface area contributed by atoms with E-state index >= 15 is 0 Å². The number of aromatic amines is 2. The fraction of sp³-hybridized carbons (Fsp3) is 0.138. The van der Waals surface area contributed by atoms with Gasteiger partial charge in [0, 0.05) is 57.7 Å². The second-order valence-corrected chi connectivity index (χ2v) is 10.1. The Hall–Kier alpha value is -4.85. The number of hydrogen-bond donors (Lipinski definition) is 3. The summed E-state index contributed by atoms with van der Waals surface area (Å²) in [7, 11) is 0. The van der Waals surface area contributed by atoms with Crippen LogP contribution in [0.25, 0.3) is 55.4 Å². The Kier molecular flexibility index (Phi) is 5.30. The third kappa shape index (κ3) is 4.23. The summed E-state index contributed by atoms with van der Waals surface area (Å²) in [4.78, 5) is 29.0. The molecule has 0 fully saturated rings. The van der Waals surface area contributed by atoms with Gasteiger partial charge in [0.1, 0.15) is 5.69 Å². The van der Waals surface area contributed by atoms with Gasteiger partial charge in [0.15, 0.2) is 0 Å². The van der Waals surface area contributed by atoms with Crippen molar-refractivity contribution in [3.8, 4) is 33.6 Å². The van der Waals surface area contributed by atoms with Crippen LogP contribution >= 0.6 is 0 Å². The van der Waals surface area contributed by atoms with Crippen molar-refractivity contribution in [2.75, 3.05) is 5.32 Å². The van der Waals surface area contributed by atoms with Crippen molar-refractivity contribution in [1.82, 2.24) is 30.1 Å². The number of carbonyl (C=O) groups excluding carboxylic acids is 1. The van der Waals surface area contributed by atoms with Crippen LogP contribution in [-0.2, 0) is 4.79 Å². The second-order valence-electron chi connectivity index (χ2n) is 10.1. The molecule has 3 N–H and O–H groups in total. The maximum atomic E-state index is 12.4. The standard InChI is InChI=1S/C29H25N7O/c1-29(2,3)28(37)33-20-9-19(13-31-14-20)17-6-7-24-22(10-17)27(36-35-24)25-11-21-23(15-32-16-26(21)34-25)18-5-4-8-30-12-18/h4-16,34H,1-3H3,(H,33,37)(H,35,36). The third-order valence-corrected chi connectivity index (χ3v) is 6.35. The van der Waals surface area contributed by atoms with Gasteiger partial charge in [0.25, 0.3) is 0 Å². The van der Waals surface area contributed by atoms with Gasteiger partial charge in [-0.1, -0.05) is 32.9 Å². The SMILES string of the molecule is CC(C)(C)C(=O)Nc1cncc(-c2ccc3[nH]nc(-c4cc5c(-c6cccnc6)cncc5[nH]4)c3c2)c1. The van der Waals surface area contributed by atoms with Crippen LogP contribution in [0.2, 0.25) is 0 Å². The summed E-state index contributed by atoms with van der Waals surface area (Å²) in [6.07, 6.45) is 10.7. The summed E-state index contributed by atoms with van der Waals surface area (Å²) < 4.78 is 0. The smallest absolute Gasteiger partial charge is 0.229 e. The monoisotopic (exact) mass is 487 g/mol. The number of aromatic nitrogens is 6. The molecular weight excluding hydrogens is 462 g/mol. The molecule has 1 aromatic carbocycles. The Morgan fingerprint density at radius 2 is 1.65 bits per heavy atom. The minimum absolute atomic E-state index is 0.0574. The number of amides is 1. The van der Waals surface area contributed by atoms with Gasteiger partial charge in [-0.05, 0) is 35.9 Å². The van der Waals surface area contributed by atoms with Crippen LogP contribution in [0, 0.1) is 5.41 Å². The molecule has 182 valence electrons. The minimum Gasteiger partial charge on any atom is -0.352 e. The average Bonchev–Trinajstić information content (AvgIpc) is 3.52. The summed E-state index contributed by atoms with van der Waals surface area (Å²) in [5, 5.41) is 12.8. The third-order valence-electron chi connectivity index (χ3n) is 6.35. The fourth-order valence-electron chi connectivity index (χ4n) is 4.31. The molecule has 8 nitrogen and oxygen atoms in total. The predicted molar refractivity (Wildman–Crippen MR) is 146 cm³/mol. The van der Waals surface area contributed by atoms with Crippen molar-refractivity contribution in [1.29, 1.82) is 0 Å². The highest BCUT2D eigenvalue weighted by atomic mass is 16.2. The Bertz CT molecular complexity index is 1760. The maximum Gasteiger partial charge on any atom is 0.229 e. The highest BCUT2D eigenvalue weighted by molar-refractivity contribution is 6.01. The van der Waals surface area contributed by atoms with Gasteiger partial charge in [0.2, 0.25) is 5.91 Å². The van der Waals surface area contributed by atoms with Gasteiger partial charge in [-0.3, -0.25) is 24.8 Å². The number of H-pyrrole nitrogens is 2. The van der Waals surface area contributed by atoms with Crippen molar-refractivity contribution in [2.24, 2.45) is 5.41 Å². The molecule has 0 aliphatic heterocycles. The van der Waals surface area contributed by atoms with Crippen molar-refractivity contribution < 1.29 is 4.79 Å². The molecule has 0 spiro atoms. The lowest BCUT2D eigenvalue weighted by Crippen LogP contribution is -2.27. The van der Waals surface area contributed by atoms with E-state index in [0.29, 0.717) is 5.69 Å². The van der Waals surface area contributed by atoms with Gasteiger partial charge >= 0.3 is 0 Å². The molecule has 0 atom stereocenters. The van der Waals surface area contributed by atoms with E-state index in [1.807, 2.05) is 69.7 Å². The van der Waals surface area contributed by atoms with E-state index in [0.717, 1.165) is 55.4 Å². The number of carbonyl (C=O) groups is 1. The van der Waals surface area contributed by atoms with E-state index in [4.69, 9.17) is 0 Å². The van der Waals surface area contributed by atoms with E-state index < -0.39 is 5.41 Å². The molecule has 0 unspecified atom stereocenters. The molecule has 0 aliphatic rings. The molecule has 6 rings (SSSR count). The van der Waals surface area contributed by atoms with Crippen LogP contribution in [-0.4, -0.2) is 36.0 Å². The quantitative estimate of drug-likeness (QED) is 0.273. The summed E-state index contributed by atoms with van der Waals surface area (Å²) in [6.45, 7) is 5.65. The maximum absolute atomic E-state index is 12.4. The van der Waals surface area contributed by atoms with Gasteiger partial charge in [-0.25, -0.2) is 0 Å². The van der Waals surface area contributed by atoms with Crippen LogP contribution in [0.3, 0.4) is 0 Å². The first-order chi connectivity index (χ1) is 17.9. The number of pyridine rings is 3. The molecule has 8 heteroatoms. The van der Waals surface area contributed by atoms with Gasteiger partial charge in [-0.15, -0.1) is 0 Å². The van der Waals surface area contributed by atoms with E-state index in [-0.39, 0.29) is 5.91 Å². The highest BCUT2D eigenvalue weighted by Gasteiger charge is 2.21. The molecule has 0 saturated carbocycles. The zero-order chi connectivity index (χ0) is 25.6. The lowest BCUT2D eigenvalue weighted by Gasteiger charge is -2.17. The molecule has 5 heterocycles. The largest absolute Gasteiger partial charge is 0.352 e. The number of rotatable bonds is 4. The van der Waals surface area contributed by atoms with Crippen LogP contribution in [0.4, 0.5) is 5.69 Å². The Morgan fingerprint density at radius 3 is 2.46 bits per heavy atom. The van der Waals surface area contributed by atoms with Crippen molar-refractivity contribution in [3.05, 3.63) is 79.6 Å². The first-order valence-electron chi connectivity index (χ1n) is 12.0. The number of nitrogens with zero attached hydrogens (tertiary/aromatic N) is 4. The number of benzene rings is 1. The first kappa shape index (κ1) is 22.6. The minimum atomic E-state index is -0.493. The number of fused-ring (bicyclic) bond motifs is 2. The molecule has 37 heavy (non-hydrogen) atoms. The number of anilines is 1. The zero-order valence-corrected chi connectivity index (χ0v) is 20.7. The average molecular weight is 488 g/mol. The first-order valence-corrected chi connectivity index (χ1v) is 12.0. The topological polar surface area (TPSA) is 112 Å². The molecule has 0 bridgehead atoms. The van der Waals surface area contributed by atoms with Crippen LogP contribution in [0.15, 0.2) is 79.6 Å². The van der Waals surface area contributed by atoms with Gasteiger partial charge in [-0.2, -0.15) is 5.10 Å². The molecule has 5 aromatic heterocycles. The highest BCUT2D eigenvalue weighted by Crippen LogP contribution is 2.35. The number of hydrogen-bond acceptors (Lipinski definition) is 5. The lowest BCUT2D eigenvalue weighted by atomic mass is 9.95.